The molecule has 2 aliphatic carbocycles. The first-order valence-electron chi connectivity index (χ1n) is 10.5. The van der Waals surface area contributed by atoms with Gasteiger partial charge in [-0.05, 0) is 56.3 Å². The van der Waals surface area contributed by atoms with E-state index in [4.69, 9.17) is 10.3 Å². The highest BCUT2D eigenvalue weighted by molar-refractivity contribution is 6.07. The summed E-state index contributed by atoms with van der Waals surface area (Å²) < 4.78 is 5.28. The van der Waals surface area contributed by atoms with Crippen LogP contribution in [0.2, 0.25) is 0 Å². The number of aromatic nitrogens is 2. The van der Waals surface area contributed by atoms with Crippen molar-refractivity contribution in [3.8, 4) is 0 Å². The van der Waals surface area contributed by atoms with Crippen LogP contribution in [0.3, 0.4) is 0 Å². The molecule has 162 valence electrons. The van der Waals surface area contributed by atoms with Crippen LogP contribution in [0, 0.1) is 11.3 Å². The average Bonchev–Trinajstić information content (AvgIpc) is 3.20. The van der Waals surface area contributed by atoms with Crippen molar-refractivity contribution >= 4 is 24.3 Å². The molecule has 1 saturated heterocycles. The fraction of sp³-hybridized carbons (Fsp3) is 0.800. The molecule has 0 bridgehead atoms. The highest BCUT2D eigenvalue weighted by Crippen LogP contribution is 2.45. The van der Waals surface area contributed by atoms with E-state index in [9.17, 15) is 9.59 Å². The molecule has 1 aromatic heterocycles. The zero-order valence-electron chi connectivity index (χ0n) is 17.5. The van der Waals surface area contributed by atoms with Crippen molar-refractivity contribution in [3.63, 3.8) is 0 Å². The van der Waals surface area contributed by atoms with Crippen LogP contribution >= 0.6 is 12.4 Å². The molecular weight excluding hydrogens is 394 g/mol. The number of nitrogens with one attached hydrogen (secondary N) is 1. The van der Waals surface area contributed by atoms with E-state index in [0.717, 1.165) is 38.5 Å². The summed E-state index contributed by atoms with van der Waals surface area (Å²) in [6, 6.07) is -0.371. The minimum absolute atomic E-state index is 0. The smallest absolute Gasteiger partial charge is 0.325 e. The third-order valence-electron chi connectivity index (χ3n) is 7.55. The summed E-state index contributed by atoms with van der Waals surface area (Å²) in [5.41, 5.74) is 5.19. The van der Waals surface area contributed by atoms with Crippen molar-refractivity contribution in [1.82, 2.24) is 20.4 Å². The highest BCUT2D eigenvalue weighted by Gasteiger charge is 2.53. The average molecular weight is 426 g/mol. The van der Waals surface area contributed by atoms with Gasteiger partial charge in [0.1, 0.15) is 12.1 Å². The molecule has 1 spiro atoms. The first-order chi connectivity index (χ1) is 13.2. The topological polar surface area (TPSA) is 114 Å². The molecule has 0 atom stereocenters. The summed E-state index contributed by atoms with van der Waals surface area (Å²) in [5.74, 6) is 1.13. The molecule has 4 rings (SSSR count). The van der Waals surface area contributed by atoms with Gasteiger partial charge < -0.3 is 15.6 Å². The van der Waals surface area contributed by atoms with Gasteiger partial charge in [0.25, 0.3) is 5.91 Å². The number of carbonyl (C=O) groups excluding carboxylic acids is 2. The molecule has 3 N–H and O–H groups in total. The molecule has 0 unspecified atom stereocenters. The van der Waals surface area contributed by atoms with Gasteiger partial charge in [-0.15, -0.1) is 12.4 Å². The zero-order valence-corrected chi connectivity index (χ0v) is 18.3. The Morgan fingerprint density at radius 2 is 1.90 bits per heavy atom. The van der Waals surface area contributed by atoms with E-state index in [1.54, 1.807) is 0 Å². The number of hydrogen-bond donors (Lipinski definition) is 2. The summed E-state index contributed by atoms with van der Waals surface area (Å²) in [5, 5.41) is 6.93. The second-order valence-electron chi connectivity index (χ2n) is 9.54. The van der Waals surface area contributed by atoms with E-state index in [2.05, 4.69) is 36.2 Å². The van der Waals surface area contributed by atoms with Crippen LogP contribution in [0.5, 0.6) is 0 Å². The van der Waals surface area contributed by atoms with Gasteiger partial charge >= 0.3 is 6.03 Å². The lowest BCUT2D eigenvalue weighted by molar-refractivity contribution is -0.133. The number of amides is 3. The Kier molecular flexibility index (Phi) is 5.73. The Morgan fingerprint density at radius 1 is 1.24 bits per heavy atom. The molecule has 2 saturated carbocycles. The summed E-state index contributed by atoms with van der Waals surface area (Å²) in [6.07, 6.45) is 7.07. The number of nitrogens with zero attached hydrogens (tertiary/aromatic N) is 3. The van der Waals surface area contributed by atoms with Crippen LogP contribution in [0.25, 0.3) is 0 Å². The maximum atomic E-state index is 13.1. The largest absolute Gasteiger partial charge is 0.337 e. The van der Waals surface area contributed by atoms with E-state index in [1.807, 2.05) is 0 Å². The lowest BCUT2D eigenvalue weighted by Crippen LogP contribution is -2.50. The Hall–Kier alpha value is -1.67. The Bertz CT molecular complexity index is 781. The molecule has 8 nitrogen and oxygen atoms in total. The predicted octanol–water partition coefficient (Wildman–Crippen LogP) is 3.25. The van der Waals surface area contributed by atoms with E-state index in [0.29, 0.717) is 24.6 Å². The van der Waals surface area contributed by atoms with Gasteiger partial charge in [-0.25, -0.2) is 4.79 Å². The summed E-state index contributed by atoms with van der Waals surface area (Å²) >= 11 is 0. The van der Waals surface area contributed by atoms with Gasteiger partial charge in [0.05, 0.1) is 5.54 Å². The number of imide groups is 1. The number of urea groups is 1. The van der Waals surface area contributed by atoms with Gasteiger partial charge in [0.15, 0.2) is 5.82 Å². The van der Waals surface area contributed by atoms with E-state index in [-0.39, 0.29) is 42.2 Å². The SMILES string of the molecule is CCC(C)(C)C1CCC2(CC1)NC(=O)N(Cc1nc(C3(N)CCC3)no1)C2=O.Cl. The van der Waals surface area contributed by atoms with Crippen molar-refractivity contribution in [1.29, 1.82) is 0 Å². The Balaban J connectivity index is 0.00000240. The fourth-order valence-electron chi connectivity index (χ4n) is 4.78. The number of rotatable bonds is 5. The maximum absolute atomic E-state index is 13.1. The molecule has 3 aliphatic rings. The van der Waals surface area contributed by atoms with Crippen molar-refractivity contribution < 1.29 is 14.1 Å². The molecule has 1 aliphatic heterocycles. The van der Waals surface area contributed by atoms with Crippen molar-refractivity contribution in [2.75, 3.05) is 0 Å². The number of carbonyl (C=O) groups is 2. The van der Waals surface area contributed by atoms with Crippen molar-refractivity contribution in [2.45, 2.75) is 89.8 Å². The molecule has 29 heavy (non-hydrogen) atoms. The van der Waals surface area contributed by atoms with Crippen LogP contribution in [0.1, 0.15) is 83.9 Å². The summed E-state index contributed by atoms with van der Waals surface area (Å²) in [4.78, 5) is 31.2. The second-order valence-corrected chi connectivity index (χ2v) is 9.54. The van der Waals surface area contributed by atoms with Crippen LogP contribution in [-0.2, 0) is 16.9 Å². The van der Waals surface area contributed by atoms with E-state index < -0.39 is 11.1 Å². The number of halogens is 1. The first kappa shape index (κ1) is 22.0. The van der Waals surface area contributed by atoms with Crippen LogP contribution < -0.4 is 11.1 Å². The standard InChI is InChI=1S/C20H31N5O3.ClH/c1-4-18(2,3)13-6-10-20(11-7-13)16(26)25(17(27)23-20)12-14-22-15(24-28-14)19(21)8-5-9-19;/h13H,4-12,21H2,1-3H3,(H,23,27);1H. The summed E-state index contributed by atoms with van der Waals surface area (Å²) in [6.45, 7) is 6.79. The van der Waals surface area contributed by atoms with Crippen molar-refractivity contribution in [3.05, 3.63) is 11.7 Å². The lowest BCUT2D eigenvalue weighted by Gasteiger charge is -2.42. The molecule has 9 heteroatoms. The third-order valence-corrected chi connectivity index (χ3v) is 7.55. The second kappa shape index (κ2) is 7.54. The van der Waals surface area contributed by atoms with Gasteiger partial charge in [-0.1, -0.05) is 32.3 Å². The zero-order chi connectivity index (χ0) is 20.2. The molecular formula is C20H32ClN5O3. The maximum Gasteiger partial charge on any atom is 0.325 e. The van der Waals surface area contributed by atoms with Gasteiger partial charge in [-0.3, -0.25) is 9.69 Å². The van der Waals surface area contributed by atoms with Crippen LogP contribution in [0.4, 0.5) is 4.79 Å². The predicted molar refractivity (Wildman–Crippen MR) is 109 cm³/mol. The minimum Gasteiger partial charge on any atom is -0.337 e. The van der Waals surface area contributed by atoms with Crippen molar-refractivity contribution in [2.24, 2.45) is 17.1 Å². The molecule has 1 aromatic rings. The van der Waals surface area contributed by atoms with E-state index >= 15 is 0 Å². The van der Waals surface area contributed by atoms with Crippen LogP contribution in [0.15, 0.2) is 4.52 Å². The molecule has 0 aromatic carbocycles. The molecule has 2 heterocycles. The fourth-order valence-corrected chi connectivity index (χ4v) is 4.78. The highest BCUT2D eigenvalue weighted by atomic mass is 35.5. The quantitative estimate of drug-likeness (QED) is 0.700. The first-order valence-corrected chi connectivity index (χ1v) is 10.5. The normalized spacial score (nSPS) is 28.8. The minimum atomic E-state index is -0.774. The van der Waals surface area contributed by atoms with E-state index in [1.165, 1.54) is 4.90 Å². The molecule has 3 amide bonds. The van der Waals surface area contributed by atoms with Gasteiger partial charge in [0.2, 0.25) is 5.89 Å². The third kappa shape index (κ3) is 3.65. The Labute approximate surface area is 177 Å². The molecule has 3 fully saturated rings. The number of hydrogen-bond acceptors (Lipinski definition) is 6. The monoisotopic (exact) mass is 425 g/mol. The van der Waals surface area contributed by atoms with Crippen LogP contribution in [-0.4, -0.2) is 32.5 Å². The van der Waals surface area contributed by atoms with Gasteiger partial charge in [0, 0.05) is 0 Å². The number of nitrogens with two attached hydrogens (primary N) is 1. The Morgan fingerprint density at radius 3 is 2.45 bits per heavy atom. The molecule has 0 radical (unpaired) electrons. The van der Waals surface area contributed by atoms with Gasteiger partial charge in [-0.2, -0.15) is 4.98 Å². The lowest BCUT2D eigenvalue weighted by atomic mass is 9.65. The summed E-state index contributed by atoms with van der Waals surface area (Å²) in [7, 11) is 0.